The Hall–Kier alpha value is -0.630. The molecule has 8 heteroatoms. The lowest BCUT2D eigenvalue weighted by Gasteiger charge is -2.31. The van der Waals surface area contributed by atoms with Crippen LogP contribution in [-0.2, 0) is 0 Å². The fourth-order valence-electron chi connectivity index (χ4n) is 1.76. The van der Waals surface area contributed by atoms with Gasteiger partial charge in [0, 0.05) is 17.8 Å². The predicted octanol–water partition coefficient (Wildman–Crippen LogP) is 2.42. The summed E-state index contributed by atoms with van der Waals surface area (Å²) in [5.74, 6) is -2.78. The van der Waals surface area contributed by atoms with Crippen LogP contribution < -0.4 is 11.1 Å². The van der Waals surface area contributed by atoms with Gasteiger partial charge in [-0.05, 0) is 19.1 Å². The third-order valence-corrected chi connectivity index (χ3v) is 4.97. The first-order chi connectivity index (χ1) is 8.76. The van der Waals surface area contributed by atoms with E-state index in [9.17, 15) is 13.2 Å². The van der Waals surface area contributed by atoms with Crippen LogP contribution in [0.15, 0.2) is 5.16 Å². The zero-order valence-electron chi connectivity index (χ0n) is 11.4. The highest BCUT2D eigenvalue weighted by molar-refractivity contribution is 8.00. The molecule has 0 aromatic rings. The molecule has 0 aromatic heterocycles. The first kappa shape index (κ1) is 18.4. The molecule has 4 N–H and O–H groups in total. The van der Waals surface area contributed by atoms with Crippen LogP contribution >= 0.6 is 11.8 Å². The fourth-order valence-corrected chi connectivity index (χ4v) is 2.59. The van der Waals surface area contributed by atoms with Gasteiger partial charge >= 0.3 is 6.18 Å². The highest BCUT2D eigenvalue weighted by Crippen LogP contribution is 2.30. The lowest BCUT2D eigenvalue weighted by Crippen LogP contribution is -2.46. The van der Waals surface area contributed by atoms with Gasteiger partial charge in [0.1, 0.15) is 5.92 Å². The Kier molecular flexibility index (Phi) is 7.58. The SMILES string of the molecule is CCC(CC)(CNCC(C(N)=NO)C(F)(F)F)SC. The smallest absolute Gasteiger partial charge is 0.400 e. The first-order valence-corrected chi connectivity index (χ1v) is 7.28. The van der Waals surface area contributed by atoms with Crippen molar-refractivity contribution < 1.29 is 18.4 Å². The monoisotopic (exact) mass is 301 g/mol. The number of nitrogens with one attached hydrogen (secondary N) is 1. The third-order valence-electron chi connectivity index (χ3n) is 3.38. The molecule has 0 fully saturated rings. The zero-order chi connectivity index (χ0) is 15.1. The lowest BCUT2D eigenvalue weighted by atomic mass is 10.0. The lowest BCUT2D eigenvalue weighted by molar-refractivity contribution is -0.154. The number of nitrogens with zero attached hydrogens (tertiary/aromatic N) is 1. The highest BCUT2D eigenvalue weighted by atomic mass is 32.2. The summed E-state index contributed by atoms with van der Waals surface area (Å²) >= 11 is 1.64. The van der Waals surface area contributed by atoms with Gasteiger partial charge in [-0.1, -0.05) is 19.0 Å². The summed E-state index contributed by atoms with van der Waals surface area (Å²) in [5.41, 5.74) is 5.09. The number of thioether (sulfide) groups is 1. The molecule has 0 spiro atoms. The Morgan fingerprint density at radius 3 is 2.21 bits per heavy atom. The van der Waals surface area contributed by atoms with E-state index in [-0.39, 0.29) is 11.3 Å². The van der Waals surface area contributed by atoms with Crippen molar-refractivity contribution in [3.8, 4) is 0 Å². The van der Waals surface area contributed by atoms with Gasteiger partial charge in [-0.2, -0.15) is 24.9 Å². The topological polar surface area (TPSA) is 70.6 Å². The quantitative estimate of drug-likeness (QED) is 0.279. The van der Waals surface area contributed by atoms with Gasteiger partial charge in [0.25, 0.3) is 0 Å². The summed E-state index contributed by atoms with van der Waals surface area (Å²) in [5, 5.41) is 13.6. The summed E-state index contributed by atoms with van der Waals surface area (Å²) < 4.78 is 38.0. The van der Waals surface area contributed by atoms with Gasteiger partial charge in [-0.15, -0.1) is 0 Å². The number of halogens is 3. The maximum atomic E-state index is 12.7. The molecule has 1 unspecified atom stereocenters. The van der Waals surface area contributed by atoms with Crippen molar-refractivity contribution in [3.05, 3.63) is 0 Å². The molecule has 0 aromatic carbocycles. The minimum absolute atomic E-state index is 0.0821. The average Bonchev–Trinajstić information content (AvgIpc) is 2.37. The number of hydrogen-bond donors (Lipinski definition) is 3. The van der Waals surface area contributed by atoms with Crippen LogP contribution in [-0.4, -0.2) is 41.3 Å². The molecule has 0 aliphatic carbocycles. The van der Waals surface area contributed by atoms with E-state index in [4.69, 9.17) is 10.9 Å². The van der Waals surface area contributed by atoms with Gasteiger partial charge in [-0.25, -0.2) is 0 Å². The van der Waals surface area contributed by atoms with Crippen LogP contribution in [0.4, 0.5) is 13.2 Å². The second kappa shape index (κ2) is 7.84. The minimum atomic E-state index is -4.52. The van der Waals surface area contributed by atoms with E-state index >= 15 is 0 Å². The average molecular weight is 301 g/mol. The molecule has 4 nitrogen and oxygen atoms in total. The molecule has 0 aliphatic heterocycles. The molecule has 0 bridgehead atoms. The molecule has 0 saturated carbocycles. The van der Waals surface area contributed by atoms with Crippen LogP contribution in [0.5, 0.6) is 0 Å². The van der Waals surface area contributed by atoms with Crippen LogP contribution in [0.25, 0.3) is 0 Å². The van der Waals surface area contributed by atoms with E-state index in [0.717, 1.165) is 12.8 Å². The molecule has 0 rings (SSSR count). The fraction of sp³-hybridized carbons (Fsp3) is 0.909. The van der Waals surface area contributed by atoms with E-state index in [0.29, 0.717) is 6.54 Å². The Morgan fingerprint density at radius 1 is 1.37 bits per heavy atom. The van der Waals surface area contributed by atoms with Crippen molar-refractivity contribution in [1.29, 1.82) is 0 Å². The number of hydrogen-bond acceptors (Lipinski definition) is 4. The van der Waals surface area contributed by atoms with Crippen LogP contribution in [0.1, 0.15) is 26.7 Å². The number of oxime groups is 1. The Labute approximate surface area is 116 Å². The Morgan fingerprint density at radius 2 is 1.89 bits per heavy atom. The zero-order valence-corrected chi connectivity index (χ0v) is 12.2. The van der Waals surface area contributed by atoms with E-state index in [1.807, 2.05) is 20.1 Å². The summed E-state index contributed by atoms with van der Waals surface area (Å²) in [6.45, 7) is 4.08. The van der Waals surface area contributed by atoms with Crippen LogP contribution in [0.3, 0.4) is 0 Å². The molecule has 0 aliphatic rings. The number of alkyl halides is 3. The predicted molar refractivity (Wildman–Crippen MR) is 72.7 cm³/mol. The van der Waals surface area contributed by atoms with Crippen molar-refractivity contribution in [2.24, 2.45) is 16.8 Å². The highest BCUT2D eigenvalue weighted by Gasteiger charge is 2.42. The van der Waals surface area contributed by atoms with Gasteiger partial charge in [0.15, 0.2) is 5.84 Å². The standard InChI is InChI=1S/C11H22F3N3OS/c1-4-10(5-2,19-3)7-16-6-8(9(15)17-18)11(12,13)14/h8,16,18H,4-7H2,1-3H3,(H2,15,17). The normalized spacial score (nSPS) is 15.6. The summed E-state index contributed by atoms with van der Waals surface area (Å²) in [7, 11) is 0. The number of nitrogens with two attached hydrogens (primary N) is 1. The van der Waals surface area contributed by atoms with Gasteiger partial charge in [0.05, 0.1) is 0 Å². The largest absolute Gasteiger partial charge is 0.409 e. The number of rotatable bonds is 8. The molecule has 0 saturated heterocycles. The second-order valence-electron chi connectivity index (χ2n) is 4.34. The molecule has 1 atom stereocenters. The maximum Gasteiger partial charge on any atom is 0.400 e. The third kappa shape index (κ3) is 5.48. The molecule has 19 heavy (non-hydrogen) atoms. The van der Waals surface area contributed by atoms with Gasteiger partial charge in [-0.3, -0.25) is 0 Å². The molecule has 114 valence electrons. The Bertz CT molecular complexity index is 285. The van der Waals surface area contributed by atoms with E-state index < -0.39 is 17.9 Å². The van der Waals surface area contributed by atoms with E-state index in [1.165, 1.54) is 0 Å². The molecular formula is C11H22F3N3OS. The molecular weight excluding hydrogens is 279 g/mol. The first-order valence-electron chi connectivity index (χ1n) is 6.06. The van der Waals surface area contributed by atoms with Crippen LogP contribution in [0.2, 0.25) is 0 Å². The maximum absolute atomic E-state index is 12.7. The van der Waals surface area contributed by atoms with Crippen molar-refractivity contribution in [2.75, 3.05) is 19.3 Å². The van der Waals surface area contributed by atoms with Gasteiger partial charge < -0.3 is 16.3 Å². The van der Waals surface area contributed by atoms with Crippen LogP contribution in [0, 0.1) is 5.92 Å². The number of amidine groups is 1. The minimum Gasteiger partial charge on any atom is -0.409 e. The van der Waals surface area contributed by atoms with Crippen molar-refractivity contribution in [3.63, 3.8) is 0 Å². The molecule has 0 radical (unpaired) electrons. The summed E-state index contributed by atoms with van der Waals surface area (Å²) in [6.07, 6.45) is -0.862. The van der Waals surface area contributed by atoms with Crippen molar-refractivity contribution in [1.82, 2.24) is 5.32 Å². The van der Waals surface area contributed by atoms with Crippen molar-refractivity contribution in [2.45, 2.75) is 37.6 Å². The summed E-state index contributed by atoms with van der Waals surface area (Å²) in [4.78, 5) is 0. The molecule has 0 heterocycles. The van der Waals surface area contributed by atoms with E-state index in [2.05, 4.69) is 10.5 Å². The molecule has 0 amide bonds. The van der Waals surface area contributed by atoms with Gasteiger partial charge in [0.2, 0.25) is 0 Å². The van der Waals surface area contributed by atoms with E-state index in [1.54, 1.807) is 11.8 Å². The van der Waals surface area contributed by atoms with Crippen molar-refractivity contribution >= 4 is 17.6 Å². The second-order valence-corrected chi connectivity index (χ2v) is 5.62. The Balaban J connectivity index is 4.59. The summed E-state index contributed by atoms with van der Waals surface area (Å²) in [6, 6.07) is 0.